The number of anilines is 3. The van der Waals surface area contributed by atoms with Crippen LogP contribution in [-0.2, 0) is 6.54 Å². The molecule has 3 aliphatic rings. The van der Waals surface area contributed by atoms with Crippen molar-refractivity contribution in [3.8, 4) is 11.5 Å². The lowest BCUT2D eigenvalue weighted by atomic mass is 9.92. The largest absolute Gasteiger partial charge is 0.486 e. The van der Waals surface area contributed by atoms with E-state index < -0.39 is 0 Å². The minimum atomic E-state index is 0.504. The first kappa shape index (κ1) is 24.9. The fourth-order valence-corrected chi connectivity index (χ4v) is 5.64. The van der Waals surface area contributed by atoms with Crippen molar-refractivity contribution in [2.75, 3.05) is 54.5 Å². The third-order valence-corrected chi connectivity index (χ3v) is 7.35. The van der Waals surface area contributed by atoms with Gasteiger partial charge in [0.2, 0.25) is 5.95 Å². The van der Waals surface area contributed by atoms with Crippen LogP contribution in [0.3, 0.4) is 0 Å². The molecule has 2 aromatic rings. The molecule has 0 amide bonds. The average Bonchev–Trinajstić information content (AvgIpc) is 3.16. The van der Waals surface area contributed by atoms with E-state index in [1.54, 1.807) is 0 Å². The highest BCUT2D eigenvalue weighted by molar-refractivity contribution is 7.80. The van der Waals surface area contributed by atoms with Crippen molar-refractivity contribution in [1.29, 1.82) is 0 Å². The number of nitrogens with one attached hydrogen (secondary N) is 2. The predicted octanol–water partition coefficient (Wildman–Crippen LogP) is 4.60. The molecule has 8 nitrogen and oxygen atoms in total. The van der Waals surface area contributed by atoms with Gasteiger partial charge in [-0.25, -0.2) is 0 Å². The van der Waals surface area contributed by atoms with Gasteiger partial charge in [0, 0.05) is 38.8 Å². The first-order valence-electron chi connectivity index (χ1n) is 13.4. The Balaban J connectivity index is 1.30. The van der Waals surface area contributed by atoms with Crippen LogP contribution in [0.4, 0.5) is 17.6 Å². The fourth-order valence-electron chi connectivity index (χ4n) is 5.48. The smallest absolute Gasteiger partial charge is 0.232 e. The minimum Gasteiger partial charge on any atom is -0.486 e. The summed E-state index contributed by atoms with van der Waals surface area (Å²) in [4.78, 5) is 14.6. The van der Waals surface area contributed by atoms with E-state index in [1.165, 1.54) is 32.1 Å². The van der Waals surface area contributed by atoms with Gasteiger partial charge in [0.05, 0.1) is 0 Å². The molecule has 0 aliphatic carbocycles. The van der Waals surface area contributed by atoms with Crippen LogP contribution in [0, 0.1) is 11.8 Å². The molecule has 194 valence electrons. The van der Waals surface area contributed by atoms with Crippen LogP contribution in [-0.4, -0.2) is 54.5 Å². The predicted molar refractivity (Wildman–Crippen MR) is 148 cm³/mol. The van der Waals surface area contributed by atoms with E-state index in [-0.39, 0.29) is 0 Å². The zero-order valence-corrected chi connectivity index (χ0v) is 22.3. The van der Waals surface area contributed by atoms with Crippen molar-refractivity contribution in [2.24, 2.45) is 11.8 Å². The van der Waals surface area contributed by atoms with Crippen molar-refractivity contribution in [2.45, 2.75) is 52.5 Å². The van der Waals surface area contributed by atoms with E-state index in [1.807, 2.05) is 18.2 Å². The molecule has 1 aromatic carbocycles. The van der Waals surface area contributed by atoms with Gasteiger partial charge in [-0.2, -0.15) is 9.97 Å². The van der Waals surface area contributed by atoms with Crippen LogP contribution in [0.1, 0.15) is 51.5 Å². The zero-order chi connectivity index (χ0) is 24.9. The second kappa shape index (κ2) is 11.5. The number of piperidine rings is 1. The number of ether oxygens (including phenoxy) is 2. The molecule has 1 aromatic heterocycles. The maximum atomic E-state index is 5.70. The van der Waals surface area contributed by atoms with Crippen LogP contribution in [0.2, 0.25) is 0 Å². The molecule has 0 bridgehead atoms. The molecule has 0 saturated carbocycles. The van der Waals surface area contributed by atoms with E-state index >= 15 is 0 Å². The lowest BCUT2D eigenvalue weighted by Crippen LogP contribution is -2.39. The number of fused-ring (bicyclic) bond motifs is 1. The Morgan fingerprint density at radius 1 is 0.917 bits per heavy atom. The number of thiocarbonyl (C=S) groups is 1. The summed E-state index contributed by atoms with van der Waals surface area (Å²) in [6.07, 6.45) is 6.24. The van der Waals surface area contributed by atoms with Gasteiger partial charge in [0.1, 0.15) is 24.8 Å². The SMILES string of the molecule is CC1CC(C)CN(c2cc(N3CCCCCC3)nc(NC(=S)NCc3ccc4c(c3)OCCO4)n2)C1. The summed E-state index contributed by atoms with van der Waals surface area (Å²) >= 11 is 5.63. The Morgan fingerprint density at radius 3 is 2.31 bits per heavy atom. The Kier molecular flexibility index (Phi) is 7.94. The van der Waals surface area contributed by atoms with Gasteiger partial charge in [0.25, 0.3) is 0 Å². The second-order valence-electron chi connectivity index (χ2n) is 10.4. The Hall–Kier alpha value is -2.81. The summed E-state index contributed by atoms with van der Waals surface area (Å²) in [5.74, 6) is 5.40. The third kappa shape index (κ3) is 6.30. The van der Waals surface area contributed by atoms with Crippen LogP contribution >= 0.6 is 12.2 Å². The van der Waals surface area contributed by atoms with E-state index in [4.69, 9.17) is 31.7 Å². The van der Waals surface area contributed by atoms with Crippen molar-refractivity contribution in [1.82, 2.24) is 15.3 Å². The first-order chi connectivity index (χ1) is 17.5. The Labute approximate surface area is 219 Å². The molecular weight excluding hydrogens is 472 g/mol. The van der Waals surface area contributed by atoms with Gasteiger partial charge in [-0.05, 0) is 61.0 Å². The van der Waals surface area contributed by atoms with E-state index in [2.05, 4.69) is 40.3 Å². The standard InChI is InChI=1S/C27H38N6O2S/c1-19-13-20(2)18-33(17-19)25-15-24(32-9-5-3-4-6-10-32)29-26(30-25)31-27(36)28-16-21-7-8-22-23(14-21)35-12-11-34-22/h7-8,14-15,19-20H,3-6,9-13,16-18H2,1-2H3,(H2,28,29,30,31,36). The summed E-state index contributed by atoms with van der Waals surface area (Å²) in [7, 11) is 0. The molecule has 0 radical (unpaired) electrons. The lowest BCUT2D eigenvalue weighted by Gasteiger charge is -2.36. The van der Waals surface area contributed by atoms with Crippen molar-refractivity contribution in [3.63, 3.8) is 0 Å². The average molecular weight is 511 g/mol. The highest BCUT2D eigenvalue weighted by Gasteiger charge is 2.25. The number of hydrogen-bond donors (Lipinski definition) is 2. The van der Waals surface area contributed by atoms with Gasteiger partial charge in [-0.15, -0.1) is 0 Å². The molecule has 0 spiro atoms. The number of rotatable bonds is 5. The molecule has 4 heterocycles. The highest BCUT2D eigenvalue weighted by Crippen LogP contribution is 2.31. The Morgan fingerprint density at radius 2 is 1.58 bits per heavy atom. The maximum Gasteiger partial charge on any atom is 0.232 e. The van der Waals surface area contributed by atoms with Crippen LogP contribution in [0.5, 0.6) is 11.5 Å². The zero-order valence-electron chi connectivity index (χ0n) is 21.5. The van der Waals surface area contributed by atoms with E-state index in [9.17, 15) is 0 Å². The van der Waals surface area contributed by atoms with Crippen molar-refractivity contribution >= 4 is 34.9 Å². The van der Waals surface area contributed by atoms with Crippen LogP contribution in [0.25, 0.3) is 0 Å². The summed E-state index contributed by atoms with van der Waals surface area (Å²) in [6.45, 7) is 10.5. The fraction of sp³-hybridized carbons (Fsp3) is 0.593. The van der Waals surface area contributed by atoms with Crippen molar-refractivity contribution < 1.29 is 9.47 Å². The Bertz CT molecular complexity index is 1050. The second-order valence-corrected chi connectivity index (χ2v) is 10.9. The van der Waals surface area contributed by atoms with Gasteiger partial charge in [0.15, 0.2) is 16.6 Å². The number of nitrogens with zero attached hydrogens (tertiary/aromatic N) is 4. The van der Waals surface area contributed by atoms with Gasteiger partial charge in [-0.1, -0.05) is 32.8 Å². The van der Waals surface area contributed by atoms with Gasteiger partial charge >= 0.3 is 0 Å². The summed E-state index contributed by atoms with van der Waals surface area (Å²) in [5.41, 5.74) is 1.07. The first-order valence-corrected chi connectivity index (χ1v) is 13.8. The summed E-state index contributed by atoms with van der Waals surface area (Å²) in [5, 5.41) is 7.06. The normalized spacial score (nSPS) is 22.1. The molecule has 36 heavy (non-hydrogen) atoms. The van der Waals surface area contributed by atoms with E-state index in [0.29, 0.717) is 42.7 Å². The highest BCUT2D eigenvalue weighted by atomic mass is 32.1. The van der Waals surface area contributed by atoms with Crippen LogP contribution in [0.15, 0.2) is 24.3 Å². The maximum absolute atomic E-state index is 5.70. The molecule has 5 rings (SSSR count). The number of hydrogen-bond acceptors (Lipinski definition) is 7. The molecule has 2 N–H and O–H groups in total. The topological polar surface area (TPSA) is 74.8 Å². The number of aromatic nitrogens is 2. The summed E-state index contributed by atoms with van der Waals surface area (Å²) < 4.78 is 11.3. The van der Waals surface area contributed by atoms with Crippen molar-refractivity contribution in [3.05, 3.63) is 29.8 Å². The lowest BCUT2D eigenvalue weighted by molar-refractivity contribution is 0.171. The molecule has 2 saturated heterocycles. The molecule has 2 fully saturated rings. The summed E-state index contributed by atoms with van der Waals surface area (Å²) in [6, 6.07) is 8.14. The third-order valence-electron chi connectivity index (χ3n) is 7.11. The molecule has 9 heteroatoms. The minimum absolute atomic E-state index is 0.504. The molecule has 3 aliphatic heterocycles. The molecule has 2 unspecified atom stereocenters. The van der Waals surface area contributed by atoms with E-state index in [0.717, 1.165) is 54.9 Å². The van der Waals surface area contributed by atoms with Crippen LogP contribution < -0.4 is 29.9 Å². The number of benzene rings is 1. The van der Waals surface area contributed by atoms with Gasteiger partial charge in [-0.3, -0.25) is 0 Å². The van der Waals surface area contributed by atoms with Gasteiger partial charge < -0.3 is 29.9 Å². The molecule has 2 atom stereocenters. The monoisotopic (exact) mass is 510 g/mol. The quantitative estimate of drug-likeness (QED) is 0.562. The molecular formula is C27H38N6O2S.